The lowest BCUT2D eigenvalue weighted by Gasteiger charge is -2.22. The molecule has 1 N–H and O–H groups in total. The molecule has 3 rings (SSSR count). The van der Waals surface area contributed by atoms with Gasteiger partial charge in [0.15, 0.2) is 0 Å². The first-order valence-electron chi connectivity index (χ1n) is 6.96. The third-order valence-corrected chi connectivity index (χ3v) is 5.86. The number of hydrogen-bond acceptors (Lipinski definition) is 3. The molecule has 0 atom stereocenters. The van der Waals surface area contributed by atoms with Gasteiger partial charge in [-0.3, -0.25) is 9.79 Å². The van der Waals surface area contributed by atoms with E-state index in [9.17, 15) is 9.90 Å². The highest BCUT2D eigenvalue weighted by atomic mass is 35.5. The van der Waals surface area contributed by atoms with Gasteiger partial charge in [-0.25, -0.2) is 0 Å². The molecular weight excluding hydrogens is 392 g/mol. The fourth-order valence-electron chi connectivity index (χ4n) is 2.80. The average molecular weight is 403 g/mol. The summed E-state index contributed by atoms with van der Waals surface area (Å²) < 4.78 is 0. The molecule has 2 aromatic rings. The molecule has 0 saturated carbocycles. The highest BCUT2D eigenvalue weighted by Gasteiger charge is 2.39. The van der Waals surface area contributed by atoms with Crippen LogP contribution in [0.4, 0.5) is 5.69 Å². The van der Waals surface area contributed by atoms with Gasteiger partial charge in [0.1, 0.15) is 15.8 Å². The summed E-state index contributed by atoms with van der Waals surface area (Å²) in [6, 6.07) is 7.48. The standard InChI is InChI=1S/C17H11Cl4NO2/c1-17(2)7-5-3-4-6-8(7)22-16(17)9-14(23)12(20)10(18)11(19)13(21)15(9)24/h3-6,23H,1-2H3. The lowest BCUT2D eigenvalue weighted by atomic mass is 9.79. The molecule has 124 valence electrons. The summed E-state index contributed by atoms with van der Waals surface area (Å²) in [4.78, 5) is 17.3. The molecule has 1 heterocycles. The van der Waals surface area contributed by atoms with E-state index in [0.29, 0.717) is 11.4 Å². The highest BCUT2D eigenvalue weighted by molar-refractivity contribution is 6.52. The zero-order valence-corrected chi connectivity index (χ0v) is 15.6. The Labute approximate surface area is 158 Å². The predicted octanol–water partition coefficient (Wildman–Crippen LogP) is 5.78. The van der Waals surface area contributed by atoms with Gasteiger partial charge >= 0.3 is 0 Å². The van der Waals surface area contributed by atoms with E-state index in [4.69, 9.17) is 46.4 Å². The van der Waals surface area contributed by atoms with Crippen LogP contribution in [-0.4, -0.2) is 10.8 Å². The molecule has 0 radical (unpaired) electrons. The van der Waals surface area contributed by atoms with Crippen LogP contribution in [0.2, 0.25) is 20.1 Å². The number of aliphatic imine (C=N–C) groups is 1. The first-order chi connectivity index (χ1) is 11.2. The summed E-state index contributed by atoms with van der Waals surface area (Å²) >= 11 is 24.1. The van der Waals surface area contributed by atoms with Crippen molar-refractivity contribution in [1.29, 1.82) is 0 Å². The zero-order valence-electron chi connectivity index (χ0n) is 12.6. The first kappa shape index (κ1) is 17.6. The molecule has 1 aliphatic heterocycles. The van der Waals surface area contributed by atoms with Crippen molar-refractivity contribution in [3.05, 3.63) is 65.7 Å². The minimum atomic E-state index is -0.674. The Bertz CT molecular complexity index is 968. The summed E-state index contributed by atoms with van der Waals surface area (Å²) in [5.41, 5.74) is 0.598. The first-order valence-corrected chi connectivity index (χ1v) is 8.47. The Hall–Kier alpha value is -1.26. The Morgan fingerprint density at radius 3 is 2.17 bits per heavy atom. The molecule has 7 heteroatoms. The second-order valence-electron chi connectivity index (χ2n) is 5.91. The van der Waals surface area contributed by atoms with Crippen LogP contribution >= 0.6 is 46.4 Å². The van der Waals surface area contributed by atoms with Crippen molar-refractivity contribution in [3.8, 4) is 5.75 Å². The topological polar surface area (TPSA) is 49.7 Å². The highest BCUT2D eigenvalue weighted by Crippen LogP contribution is 2.45. The Kier molecular flexibility index (Phi) is 4.33. The Balaban J connectivity index is 2.43. The van der Waals surface area contributed by atoms with Gasteiger partial charge in [0.2, 0.25) is 5.43 Å². The molecule has 0 bridgehead atoms. The number of aromatic hydroxyl groups is 1. The molecule has 24 heavy (non-hydrogen) atoms. The lowest BCUT2D eigenvalue weighted by Crippen LogP contribution is -2.30. The van der Waals surface area contributed by atoms with Crippen LogP contribution in [0.3, 0.4) is 0 Å². The van der Waals surface area contributed by atoms with Crippen molar-refractivity contribution in [2.24, 2.45) is 4.99 Å². The predicted molar refractivity (Wildman–Crippen MR) is 100 cm³/mol. The number of nitrogens with zero attached hydrogens (tertiary/aromatic N) is 1. The SMILES string of the molecule is CC1(C)C(c2c(O)c(Cl)c(Cl)c(Cl)c(Cl)c2=O)=Nc2ccccc21. The molecule has 3 nitrogen and oxygen atoms in total. The van der Waals surface area contributed by atoms with Crippen molar-refractivity contribution in [2.45, 2.75) is 19.3 Å². The number of hydrogen-bond donors (Lipinski definition) is 1. The zero-order chi connectivity index (χ0) is 17.8. The summed E-state index contributed by atoms with van der Waals surface area (Å²) in [6.45, 7) is 3.79. The minimum absolute atomic E-state index is 0.0972. The van der Waals surface area contributed by atoms with E-state index in [0.717, 1.165) is 5.56 Å². The molecular formula is C17H11Cl4NO2. The number of para-hydroxylation sites is 1. The molecule has 0 unspecified atom stereocenters. The van der Waals surface area contributed by atoms with E-state index >= 15 is 0 Å². The smallest absolute Gasteiger partial charge is 0.211 e. The molecule has 1 aliphatic rings. The van der Waals surface area contributed by atoms with E-state index in [1.54, 1.807) is 0 Å². The normalized spacial score (nSPS) is 15.2. The maximum absolute atomic E-state index is 12.8. The Morgan fingerprint density at radius 1 is 0.958 bits per heavy atom. The van der Waals surface area contributed by atoms with E-state index < -0.39 is 16.6 Å². The molecule has 0 saturated heterocycles. The molecule has 0 amide bonds. The van der Waals surface area contributed by atoms with Gasteiger partial charge in [0.05, 0.1) is 27.0 Å². The van der Waals surface area contributed by atoms with Crippen molar-refractivity contribution >= 4 is 57.8 Å². The van der Waals surface area contributed by atoms with Crippen LogP contribution in [0.1, 0.15) is 25.0 Å². The third-order valence-electron chi connectivity index (χ3n) is 4.09. The van der Waals surface area contributed by atoms with Crippen molar-refractivity contribution in [2.75, 3.05) is 0 Å². The van der Waals surface area contributed by atoms with Crippen LogP contribution in [0.25, 0.3) is 0 Å². The van der Waals surface area contributed by atoms with Gasteiger partial charge in [0, 0.05) is 5.41 Å². The lowest BCUT2D eigenvalue weighted by molar-refractivity contribution is 0.473. The quantitative estimate of drug-likeness (QED) is 0.657. The molecule has 0 aromatic heterocycles. The van der Waals surface area contributed by atoms with Gasteiger partial charge in [-0.1, -0.05) is 78.5 Å². The third kappa shape index (κ3) is 2.42. The van der Waals surface area contributed by atoms with Crippen LogP contribution in [0, 0.1) is 0 Å². The van der Waals surface area contributed by atoms with E-state index in [-0.39, 0.29) is 25.7 Å². The summed E-state index contributed by atoms with van der Waals surface area (Å²) in [5, 5.41) is 9.59. The number of benzene rings is 1. The van der Waals surface area contributed by atoms with Gasteiger partial charge in [0.25, 0.3) is 0 Å². The largest absolute Gasteiger partial charge is 0.505 e. The van der Waals surface area contributed by atoms with Crippen molar-refractivity contribution < 1.29 is 5.11 Å². The van der Waals surface area contributed by atoms with E-state index in [2.05, 4.69) is 4.99 Å². The second-order valence-corrected chi connectivity index (χ2v) is 7.42. The summed E-state index contributed by atoms with van der Waals surface area (Å²) in [5.74, 6) is -0.486. The molecule has 2 aromatic carbocycles. The molecule has 0 spiro atoms. The minimum Gasteiger partial charge on any atom is -0.505 e. The number of rotatable bonds is 1. The average Bonchev–Trinajstić information content (AvgIpc) is 2.81. The van der Waals surface area contributed by atoms with Crippen molar-refractivity contribution in [3.63, 3.8) is 0 Å². The van der Waals surface area contributed by atoms with Crippen LogP contribution < -0.4 is 5.43 Å². The Morgan fingerprint density at radius 2 is 1.54 bits per heavy atom. The van der Waals surface area contributed by atoms with Crippen molar-refractivity contribution in [1.82, 2.24) is 0 Å². The van der Waals surface area contributed by atoms with Gasteiger partial charge in [-0.2, -0.15) is 0 Å². The van der Waals surface area contributed by atoms with Crippen LogP contribution in [0.15, 0.2) is 34.1 Å². The van der Waals surface area contributed by atoms with E-state index in [1.807, 2.05) is 38.1 Å². The fourth-order valence-corrected chi connectivity index (χ4v) is 3.64. The maximum atomic E-state index is 12.8. The van der Waals surface area contributed by atoms with Gasteiger partial charge in [-0.15, -0.1) is 0 Å². The number of fused-ring (bicyclic) bond motifs is 1. The second kappa shape index (κ2) is 5.92. The fraction of sp³-hybridized carbons (Fsp3) is 0.176. The van der Waals surface area contributed by atoms with Gasteiger partial charge < -0.3 is 5.11 Å². The molecule has 0 fully saturated rings. The van der Waals surface area contributed by atoms with Crippen LogP contribution in [-0.2, 0) is 5.41 Å². The monoisotopic (exact) mass is 401 g/mol. The number of halogens is 4. The van der Waals surface area contributed by atoms with Crippen LogP contribution in [0.5, 0.6) is 5.75 Å². The van der Waals surface area contributed by atoms with Gasteiger partial charge in [-0.05, 0) is 11.6 Å². The van der Waals surface area contributed by atoms with E-state index in [1.165, 1.54) is 0 Å². The maximum Gasteiger partial charge on any atom is 0.211 e. The molecule has 0 aliphatic carbocycles. The summed E-state index contributed by atoms with van der Waals surface area (Å²) in [7, 11) is 0. The summed E-state index contributed by atoms with van der Waals surface area (Å²) in [6.07, 6.45) is 0.